The first kappa shape index (κ1) is 16.3. The van der Waals surface area contributed by atoms with Gasteiger partial charge >= 0.3 is 6.09 Å². The zero-order valence-corrected chi connectivity index (χ0v) is 13.8. The van der Waals surface area contributed by atoms with E-state index >= 15 is 0 Å². The van der Waals surface area contributed by atoms with Crippen molar-refractivity contribution < 1.29 is 13.9 Å². The van der Waals surface area contributed by atoms with Gasteiger partial charge in [-0.3, -0.25) is 4.90 Å². The molecule has 1 aromatic carbocycles. The van der Waals surface area contributed by atoms with Crippen LogP contribution in [0.4, 0.5) is 14.9 Å². The molecule has 0 radical (unpaired) electrons. The lowest BCUT2D eigenvalue weighted by atomic mass is 10.2. The van der Waals surface area contributed by atoms with Crippen LogP contribution in [0.25, 0.3) is 5.69 Å². The van der Waals surface area contributed by atoms with E-state index in [1.54, 1.807) is 37.1 Å². The van der Waals surface area contributed by atoms with Crippen LogP contribution in [0.5, 0.6) is 0 Å². The van der Waals surface area contributed by atoms with Gasteiger partial charge < -0.3 is 15.0 Å². The molecular weight excluding hydrogens is 339 g/mol. The summed E-state index contributed by atoms with van der Waals surface area (Å²) in [6, 6.07) is 4.55. The van der Waals surface area contributed by atoms with Crippen molar-refractivity contribution in [3.63, 3.8) is 0 Å². The van der Waals surface area contributed by atoms with Gasteiger partial charge in [-0.15, -0.1) is 0 Å². The first-order valence-corrected chi connectivity index (χ1v) is 8.11. The van der Waals surface area contributed by atoms with Crippen molar-refractivity contribution in [2.45, 2.75) is 12.6 Å². The molecule has 0 saturated carbocycles. The molecule has 9 heteroatoms. The molecule has 1 aliphatic heterocycles. The summed E-state index contributed by atoms with van der Waals surface area (Å²) in [5.41, 5.74) is 7.17. The molecule has 134 valence electrons. The lowest BCUT2D eigenvalue weighted by Gasteiger charge is -2.14. The minimum absolute atomic E-state index is 0.232. The van der Waals surface area contributed by atoms with E-state index in [2.05, 4.69) is 10.1 Å². The van der Waals surface area contributed by atoms with Crippen LogP contribution in [0.3, 0.4) is 0 Å². The highest BCUT2D eigenvalue weighted by Gasteiger charge is 2.31. The number of carbonyl (C=O) groups excluding carboxylic acids is 1. The molecule has 2 aromatic heterocycles. The predicted octanol–water partition coefficient (Wildman–Crippen LogP) is 1.54. The van der Waals surface area contributed by atoms with Crippen LogP contribution >= 0.6 is 0 Å². The van der Waals surface area contributed by atoms with Crippen molar-refractivity contribution in [1.82, 2.24) is 19.3 Å². The van der Waals surface area contributed by atoms with Crippen molar-refractivity contribution in [3.05, 3.63) is 60.7 Å². The number of imidazole rings is 1. The lowest BCUT2D eigenvalue weighted by Crippen LogP contribution is -2.27. The zero-order chi connectivity index (χ0) is 18.1. The summed E-state index contributed by atoms with van der Waals surface area (Å²) in [6.07, 6.45) is 7.79. The van der Waals surface area contributed by atoms with Crippen molar-refractivity contribution >= 4 is 11.8 Å². The van der Waals surface area contributed by atoms with Gasteiger partial charge in [0.25, 0.3) is 0 Å². The summed E-state index contributed by atoms with van der Waals surface area (Å²) in [4.78, 5) is 17.2. The van der Waals surface area contributed by atoms with Crippen LogP contribution in [-0.4, -0.2) is 44.6 Å². The van der Waals surface area contributed by atoms with Gasteiger partial charge in [0.05, 0.1) is 31.3 Å². The van der Waals surface area contributed by atoms with Crippen molar-refractivity contribution in [3.8, 4) is 5.69 Å². The number of anilines is 1. The maximum atomic E-state index is 14.6. The van der Waals surface area contributed by atoms with Crippen LogP contribution < -0.4 is 10.6 Å². The molecule has 3 heterocycles. The van der Waals surface area contributed by atoms with Crippen molar-refractivity contribution in [1.29, 1.82) is 0 Å². The number of carbonyl (C=O) groups is 1. The molecule has 1 atom stereocenters. The maximum Gasteiger partial charge on any atom is 0.414 e. The Balaban J connectivity index is 1.55. The number of nitrogens with zero attached hydrogens (tertiary/aromatic N) is 5. The van der Waals surface area contributed by atoms with Crippen LogP contribution in [0, 0.1) is 5.82 Å². The van der Waals surface area contributed by atoms with Gasteiger partial charge in [-0.2, -0.15) is 5.10 Å². The fourth-order valence-corrected chi connectivity index (χ4v) is 2.87. The molecule has 8 nitrogen and oxygen atoms in total. The molecule has 1 unspecified atom stereocenters. The van der Waals surface area contributed by atoms with Gasteiger partial charge in [0.1, 0.15) is 11.8 Å². The number of benzene rings is 1. The van der Waals surface area contributed by atoms with E-state index in [-0.39, 0.29) is 12.6 Å². The summed E-state index contributed by atoms with van der Waals surface area (Å²) in [5.74, 6) is -0.483. The van der Waals surface area contributed by atoms with Gasteiger partial charge in [0.15, 0.2) is 5.82 Å². The Morgan fingerprint density at radius 2 is 2.27 bits per heavy atom. The highest BCUT2D eigenvalue weighted by Crippen LogP contribution is 2.25. The Bertz CT molecular complexity index is 923. The van der Waals surface area contributed by atoms with E-state index in [1.165, 1.54) is 15.6 Å². The number of hydrogen-bond donors (Lipinski definition) is 1. The standard InChI is InChI=1S/C17H17FN6O2/c18-15-5-13(23-10-14(6-19)26-17(23)25)1-2-16(15)24-9-12(7-21-24)8-22-4-3-20-11-22/h1-5,7,9,11,14H,6,8,10,19H2. The number of hydrogen-bond acceptors (Lipinski definition) is 5. The molecule has 0 aliphatic carbocycles. The second-order valence-electron chi connectivity index (χ2n) is 6.02. The minimum atomic E-state index is -0.519. The number of cyclic esters (lactones) is 1. The monoisotopic (exact) mass is 356 g/mol. The van der Waals surface area contributed by atoms with E-state index in [0.29, 0.717) is 24.5 Å². The Morgan fingerprint density at radius 3 is 2.96 bits per heavy atom. The third kappa shape index (κ3) is 3.04. The van der Waals surface area contributed by atoms with Gasteiger partial charge in [0.2, 0.25) is 0 Å². The van der Waals surface area contributed by atoms with Gasteiger partial charge in [-0.05, 0) is 18.2 Å². The predicted molar refractivity (Wildman–Crippen MR) is 91.5 cm³/mol. The number of halogens is 1. The smallest absolute Gasteiger partial charge is 0.414 e. The lowest BCUT2D eigenvalue weighted by molar-refractivity contribution is 0.145. The number of rotatable bonds is 5. The highest BCUT2D eigenvalue weighted by molar-refractivity contribution is 5.89. The van der Waals surface area contributed by atoms with Crippen molar-refractivity contribution in [2.24, 2.45) is 5.73 Å². The fourth-order valence-electron chi connectivity index (χ4n) is 2.87. The largest absolute Gasteiger partial charge is 0.443 e. The topological polar surface area (TPSA) is 91.2 Å². The van der Waals surface area contributed by atoms with Crippen LogP contribution in [-0.2, 0) is 11.3 Å². The fraction of sp³-hybridized carbons (Fsp3) is 0.235. The minimum Gasteiger partial charge on any atom is -0.443 e. The number of amides is 1. The molecule has 0 spiro atoms. The number of aromatic nitrogens is 4. The Morgan fingerprint density at radius 1 is 1.38 bits per heavy atom. The average molecular weight is 356 g/mol. The first-order chi connectivity index (χ1) is 12.6. The van der Waals surface area contributed by atoms with E-state index in [9.17, 15) is 9.18 Å². The molecule has 0 bridgehead atoms. The second-order valence-corrected chi connectivity index (χ2v) is 6.02. The highest BCUT2D eigenvalue weighted by atomic mass is 19.1. The molecule has 3 aromatic rings. The molecule has 1 saturated heterocycles. The quantitative estimate of drug-likeness (QED) is 0.749. The molecule has 2 N–H and O–H groups in total. The van der Waals surface area contributed by atoms with Gasteiger partial charge in [0, 0.05) is 30.7 Å². The second kappa shape index (κ2) is 6.60. The molecule has 26 heavy (non-hydrogen) atoms. The Hall–Kier alpha value is -3.20. The third-order valence-corrected chi connectivity index (χ3v) is 4.19. The maximum absolute atomic E-state index is 14.6. The molecule has 1 fully saturated rings. The van der Waals surface area contributed by atoms with E-state index < -0.39 is 11.9 Å². The third-order valence-electron chi connectivity index (χ3n) is 4.19. The number of ether oxygens (including phenoxy) is 1. The van der Waals surface area contributed by atoms with Crippen molar-refractivity contribution in [2.75, 3.05) is 18.0 Å². The van der Waals surface area contributed by atoms with E-state index in [1.807, 2.05) is 10.8 Å². The van der Waals surface area contributed by atoms with E-state index in [4.69, 9.17) is 10.5 Å². The Kier molecular flexibility index (Phi) is 4.13. The molecule has 1 aliphatic rings. The van der Waals surface area contributed by atoms with Crippen LogP contribution in [0.2, 0.25) is 0 Å². The van der Waals surface area contributed by atoms with Gasteiger partial charge in [-0.1, -0.05) is 0 Å². The average Bonchev–Trinajstić information content (AvgIpc) is 3.36. The number of nitrogens with two attached hydrogens (primary N) is 1. The van der Waals surface area contributed by atoms with E-state index in [0.717, 1.165) is 5.56 Å². The van der Waals surface area contributed by atoms with Crippen LogP contribution in [0.15, 0.2) is 49.3 Å². The summed E-state index contributed by atoms with van der Waals surface area (Å²) in [5, 5.41) is 4.22. The SMILES string of the molecule is NCC1CN(c2ccc(-n3cc(Cn4ccnc4)cn3)c(F)c2)C(=O)O1. The molecular formula is C17H17FN6O2. The summed E-state index contributed by atoms with van der Waals surface area (Å²) in [6.45, 7) is 1.14. The van der Waals surface area contributed by atoms with Gasteiger partial charge in [-0.25, -0.2) is 18.9 Å². The molecule has 4 rings (SSSR count). The summed E-state index contributed by atoms with van der Waals surface area (Å²) in [7, 11) is 0. The molecule has 1 amide bonds. The normalized spacial score (nSPS) is 16.9. The first-order valence-electron chi connectivity index (χ1n) is 8.11. The Labute approximate surface area is 148 Å². The van der Waals surface area contributed by atoms with Crippen LogP contribution in [0.1, 0.15) is 5.56 Å². The summed E-state index contributed by atoms with van der Waals surface area (Å²) < 4.78 is 23.1. The summed E-state index contributed by atoms with van der Waals surface area (Å²) >= 11 is 0. The zero-order valence-electron chi connectivity index (χ0n) is 13.8.